The highest BCUT2D eigenvalue weighted by molar-refractivity contribution is 7.12. The second-order valence-corrected chi connectivity index (χ2v) is 7.77. The molecule has 6 heteroatoms. The van der Waals surface area contributed by atoms with E-state index in [0.717, 1.165) is 21.8 Å². The number of benzene rings is 2. The van der Waals surface area contributed by atoms with Crippen molar-refractivity contribution in [3.8, 4) is 0 Å². The molecule has 4 rings (SSSR count). The van der Waals surface area contributed by atoms with Crippen LogP contribution < -0.4 is 0 Å². The number of ketones is 2. The Kier molecular flexibility index (Phi) is 5.03. The number of aromatic nitrogens is 1. The summed E-state index contributed by atoms with van der Waals surface area (Å²) in [6.45, 7) is 3.65. The van der Waals surface area contributed by atoms with Crippen molar-refractivity contribution in [2.75, 3.05) is 6.61 Å². The highest BCUT2D eigenvalue weighted by Crippen LogP contribution is 2.31. The van der Waals surface area contributed by atoms with Gasteiger partial charge >= 0.3 is 5.97 Å². The van der Waals surface area contributed by atoms with Crippen molar-refractivity contribution in [3.05, 3.63) is 69.9 Å². The van der Waals surface area contributed by atoms with Crippen molar-refractivity contribution >= 4 is 50.7 Å². The number of rotatable bonds is 6. The van der Waals surface area contributed by atoms with Gasteiger partial charge in [0.15, 0.2) is 5.78 Å². The number of Topliss-reactive ketones (excluding diaryl/α,β-unsaturated/α-hetero) is 1. The largest absolute Gasteiger partial charge is 0.464 e. The normalized spacial score (nSPS) is 11.1. The van der Waals surface area contributed by atoms with E-state index in [1.165, 1.54) is 25.2 Å². The summed E-state index contributed by atoms with van der Waals surface area (Å²) in [4.78, 5) is 36.5. The third kappa shape index (κ3) is 3.59. The molecule has 2 heterocycles. The number of carbonyl (C=O) groups excluding carboxylic acids is 3. The zero-order valence-electron chi connectivity index (χ0n) is 16.1. The molecule has 2 aromatic carbocycles. The van der Waals surface area contributed by atoms with Crippen molar-refractivity contribution in [1.82, 2.24) is 4.57 Å². The van der Waals surface area contributed by atoms with Crippen LogP contribution in [0.3, 0.4) is 0 Å². The van der Waals surface area contributed by atoms with E-state index in [9.17, 15) is 14.4 Å². The number of nitrogens with zero attached hydrogens (tertiary/aromatic N) is 1. The molecule has 0 unspecified atom stereocenters. The van der Waals surface area contributed by atoms with E-state index in [1.807, 2.05) is 47.8 Å². The van der Waals surface area contributed by atoms with E-state index < -0.39 is 0 Å². The number of thiophene rings is 1. The van der Waals surface area contributed by atoms with Gasteiger partial charge < -0.3 is 9.30 Å². The van der Waals surface area contributed by atoms with Gasteiger partial charge in [0.2, 0.25) is 5.78 Å². The standard InChI is InChI=1S/C23H19NO4S/c1-14(25)16-5-7-20-18(12-16)19-13-17(23(27)22-4-3-11-29-22)6-8-21(19)24(20)9-10-28-15(2)26/h3-8,11-13H,9-10H2,1-2H3. The van der Waals surface area contributed by atoms with Crippen LogP contribution in [0.5, 0.6) is 0 Å². The Morgan fingerprint density at radius 2 is 1.59 bits per heavy atom. The van der Waals surface area contributed by atoms with Crippen molar-refractivity contribution in [3.63, 3.8) is 0 Å². The van der Waals surface area contributed by atoms with Crippen molar-refractivity contribution in [1.29, 1.82) is 0 Å². The van der Waals surface area contributed by atoms with Gasteiger partial charge in [-0.05, 0) is 54.8 Å². The zero-order chi connectivity index (χ0) is 20.5. The Balaban J connectivity index is 1.88. The molecule has 2 aromatic heterocycles. The van der Waals surface area contributed by atoms with Crippen LogP contribution in [0.2, 0.25) is 0 Å². The van der Waals surface area contributed by atoms with Crippen molar-refractivity contribution in [2.45, 2.75) is 20.4 Å². The molecule has 0 aliphatic rings. The van der Waals surface area contributed by atoms with Gasteiger partial charge in [0.25, 0.3) is 0 Å². The molecule has 0 saturated carbocycles. The van der Waals surface area contributed by atoms with Crippen LogP contribution in [0.4, 0.5) is 0 Å². The maximum atomic E-state index is 12.8. The Morgan fingerprint density at radius 1 is 0.931 bits per heavy atom. The summed E-state index contributed by atoms with van der Waals surface area (Å²) < 4.78 is 7.17. The van der Waals surface area contributed by atoms with Gasteiger partial charge in [0, 0.05) is 39.9 Å². The SMILES string of the molecule is CC(=O)OCCn1c2ccc(C(C)=O)cc2c2cc(C(=O)c3cccs3)ccc21. The van der Waals surface area contributed by atoms with E-state index in [-0.39, 0.29) is 24.1 Å². The number of carbonyl (C=O) groups is 3. The van der Waals surface area contributed by atoms with Crippen LogP contribution in [-0.2, 0) is 16.1 Å². The number of ether oxygens (including phenoxy) is 1. The van der Waals surface area contributed by atoms with Gasteiger partial charge in [-0.1, -0.05) is 6.07 Å². The molecule has 0 spiro atoms. The molecule has 4 aromatic rings. The summed E-state index contributed by atoms with van der Waals surface area (Å²) in [6, 6.07) is 14.8. The quantitative estimate of drug-likeness (QED) is 0.340. The van der Waals surface area contributed by atoms with Gasteiger partial charge in [0.1, 0.15) is 6.61 Å². The molecular formula is C23H19NO4S. The Bertz CT molecular complexity index is 1250. The lowest BCUT2D eigenvalue weighted by atomic mass is 10.0. The minimum atomic E-state index is -0.325. The van der Waals surface area contributed by atoms with Crippen LogP contribution in [0.15, 0.2) is 53.9 Å². The minimum Gasteiger partial charge on any atom is -0.464 e. The summed E-state index contributed by atoms with van der Waals surface area (Å²) in [5.41, 5.74) is 3.08. The lowest BCUT2D eigenvalue weighted by Gasteiger charge is -2.08. The average molecular weight is 405 g/mol. The molecule has 0 saturated heterocycles. The number of hydrogen-bond donors (Lipinski definition) is 0. The fourth-order valence-electron chi connectivity index (χ4n) is 3.54. The van der Waals surface area contributed by atoms with Crippen molar-refractivity contribution in [2.24, 2.45) is 0 Å². The minimum absolute atomic E-state index is 0.0153. The molecule has 0 bridgehead atoms. The third-order valence-electron chi connectivity index (χ3n) is 4.90. The molecule has 0 amide bonds. The first kappa shape index (κ1) is 19.1. The monoisotopic (exact) mass is 405 g/mol. The van der Waals surface area contributed by atoms with E-state index in [0.29, 0.717) is 22.5 Å². The maximum Gasteiger partial charge on any atom is 0.302 e. The summed E-state index contributed by atoms with van der Waals surface area (Å²) in [6.07, 6.45) is 0. The predicted octanol–water partition coefficient (Wildman–Crippen LogP) is 4.85. The van der Waals surface area contributed by atoms with Gasteiger partial charge in [-0.25, -0.2) is 0 Å². The van der Waals surface area contributed by atoms with E-state index in [2.05, 4.69) is 4.57 Å². The summed E-state index contributed by atoms with van der Waals surface area (Å²) in [5, 5.41) is 3.68. The van der Waals surface area contributed by atoms with Gasteiger partial charge in [-0.2, -0.15) is 0 Å². The van der Waals surface area contributed by atoms with E-state index >= 15 is 0 Å². The topological polar surface area (TPSA) is 65.4 Å². The van der Waals surface area contributed by atoms with Crippen LogP contribution >= 0.6 is 11.3 Å². The van der Waals surface area contributed by atoms with Gasteiger partial charge in [-0.3, -0.25) is 14.4 Å². The fraction of sp³-hybridized carbons (Fsp3) is 0.174. The summed E-state index contributed by atoms with van der Waals surface area (Å²) >= 11 is 1.41. The summed E-state index contributed by atoms with van der Waals surface area (Å²) in [5.74, 6) is -0.363. The molecule has 0 aliphatic carbocycles. The van der Waals surface area contributed by atoms with Crippen LogP contribution in [0.1, 0.15) is 39.4 Å². The second kappa shape index (κ2) is 7.64. The number of esters is 1. The molecule has 29 heavy (non-hydrogen) atoms. The highest BCUT2D eigenvalue weighted by Gasteiger charge is 2.16. The number of fused-ring (bicyclic) bond motifs is 3. The lowest BCUT2D eigenvalue weighted by Crippen LogP contribution is -2.08. The molecule has 0 atom stereocenters. The Morgan fingerprint density at radius 3 is 2.17 bits per heavy atom. The zero-order valence-corrected chi connectivity index (χ0v) is 16.9. The fourth-order valence-corrected chi connectivity index (χ4v) is 4.22. The molecule has 0 fully saturated rings. The van der Waals surface area contributed by atoms with Crippen LogP contribution in [0, 0.1) is 0 Å². The first-order valence-electron chi connectivity index (χ1n) is 9.24. The van der Waals surface area contributed by atoms with Crippen LogP contribution in [-0.4, -0.2) is 28.7 Å². The molecule has 0 aliphatic heterocycles. The third-order valence-corrected chi connectivity index (χ3v) is 5.77. The first-order valence-corrected chi connectivity index (χ1v) is 10.1. The molecular weight excluding hydrogens is 386 g/mol. The average Bonchev–Trinajstić information content (AvgIpc) is 3.34. The molecule has 146 valence electrons. The Labute approximate surface area is 171 Å². The Hall–Kier alpha value is -3.25. The van der Waals surface area contributed by atoms with Gasteiger partial charge in [0.05, 0.1) is 11.4 Å². The lowest BCUT2D eigenvalue weighted by molar-refractivity contribution is -0.141. The predicted molar refractivity (Wildman–Crippen MR) is 114 cm³/mol. The van der Waals surface area contributed by atoms with Crippen molar-refractivity contribution < 1.29 is 19.1 Å². The summed E-state index contributed by atoms with van der Waals surface area (Å²) in [7, 11) is 0. The van der Waals surface area contributed by atoms with Gasteiger partial charge in [-0.15, -0.1) is 11.3 Å². The molecule has 0 radical (unpaired) electrons. The van der Waals surface area contributed by atoms with Crippen LogP contribution in [0.25, 0.3) is 21.8 Å². The molecule has 0 N–H and O–H groups in total. The molecule has 5 nitrogen and oxygen atoms in total. The maximum absolute atomic E-state index is 12.8. The number of hydrogen-bond acceptors (Lipinski definition) is 5. The van der Waals surface area contributed by atoms with E-state index in [4.69, 9.17) is 4.74 Å². The highest BCUT2D eigenvalue weighted by atomic mass is 32.1. The first-order chi connectivity index (χ1) is 14.0. The van der Waals surface area contributed by atoms with E-state index in [1.54, 1.807) is 6.07 Å². The second-order valence-electron chi connectivity index (χ2n) is 6.82. The smallest absolute Gasteiger partial charge is 0.302 e.